The van der Waals surface area contributed by atoms with E-state index < -0.39 is 5.82 Å². The molecule has 10 heteroatoms. The maximum Gasteiger partial charge on any atom is 0.227 e. The Morgan fingerprint density at radius 2 is 1.95 bits per heavy atom. The Labute approximate surface area is 225 Å². The third-order valence-corrected chi connectivity index (χ3v) is 7.27. The summed E-state index contributed by atoms with van der Waals surface area (Å²) in [6, 6.07) is 14.4. The number of halogens is 1. The predicted octanol–water partition coefficient (Wildman–Crippen LogP) is 6.06. The number of benzene rings is 2. The van der Waals surface area contributed by atoms with Crippen LogP contribution in [-0.2, 0) is 0 Å². The van der Waals surface area contributed by atoms with Crippen molar-refractivity contribution >= 4 is 28.1 Å². The van der Waals surface area contributed by atoms with Gasteiger partial charge in [0.2, 0.25) is 5.95 Å². The van der Waals surface area contributed by atoms with Gasteiger partial charge in [0.1, 0.15) is 12.4 Å². The van der Waals surface area contributed by atoms with Crippen molar-refractivity contribution in [2.45, 2.75) is 19.8 Å². The number of rotatable bonds is 11. The van der Waals surface area contributed by atoms with Crippen LogP contribution in [0.25, 0.3) is 21.8 Å². The molecule has 1 fully saturated rings. The quantitative estimate of drug-likeness (QED) is 0.240. The van der Waals surface area contributed by atoms with Gasteiger partial charge < -0.3 is 20.1 Å². The van der Waals surface area contributed by atoms with E-state index in [2.05, 4.69) is 20.5 Å². The highest BCUT2D eigenvalue weighted by Gasteiger charge is 2.18. The standard InChI is InChI=1S/C28H31FN6O2S/c1-3-30-28-34-25(19-7-6-8-21(17-19)36-2)26(38-28)23-11-12-31-27(33-23)32-20-9-10-24(22(29)18-20)37-16-15-35-13-4-5-14-35/h6-12,17-18H,3-5,13-16H2,1-2H3,(H,30,34)(H,31,32,33). The zero-order valence-electron chi connectivity index (χ0n) is 21.5. The molecule has 0 unspecified atom stereocenters. The fourth-order valence-electron chi connectivity index (χ4n) is 4.35. The first kappa shape index (κ1) is 25.9. The van der Waals surface area contributed by atoms with Crippen LogP contribution in [0, 0.1) is 5.82 Å². The molecule has 1 aliphatic rings. The van der Waals surface area contributed by atoms with Gasteiger partial charge in [-0.2, -0.15) is 0 Å². The van der Waals surface area contributed by atoms with Crippen LogP contribution < -0.4 is 20.1 Å². The van der Waals surface area contributed by atoms with Gasteiger partial charge in [-0.15, -0.1) is 0 Å². The molecule has 0 atom stereocenters. The Bertz CT molecular complexity index is 1380. The first-order valence-electron chi connectivity index (χ1n) is 12.8. The van der Waals surface area contributed by atoms with E-state index in [0.29, 0.717) is 23.9 Å². The molecule has 4 aromatic rings. The highest BCUT2D eigenvalue weighted by atomic mass is 32.1. The molecule has 3 heterocycles. The molecule has 1 aliphatic heterocycles. The van der Waals surface area contributed by atoms with Crippen LogP contribution in [0.1, 0.15) is 19.8 Å². The van der Waals surface area contributed by atoms with Gasteiger partial charge in [0.25, 0.3) is 0 Å². The summed E-state index contributed by atoms with van der Waals surface area (Å²) >= 11 is 1.52. The van der Waals surface area contributed by atoms with Crippen LogP contribution in [0.5, 0.6) is 11.5 Å². The largest absolute Gasteiger partial charge is 0.497 e. The molecule has 5 rings (SSSR count). The van der Waals surface area contributed by atoms with Crippen molar-refractivity contribution in [1.82, 2.24) is 19.9 Å². The summed E-state index contributed by atoms with van der Waals surface area (Å²) in [4.78, 5) is 17.1. The average Bonchev–Trinajstić information content (AvgIpc) is 3.61. The molecule has 38 heavy (non-hydrogen) atoms. The minimum atomic E-state index is -0.425. The van der Waals surface area contributed by atoms with Gasteiger partial charge in [0.15, 0.2) is 16.7 Å². The van der Waals surface area contributed by atoms with Crippen molar-refractivity contribution in [3.8, 4) is 33.3 Å². The molecule has 0 bridgehead atoms. The second-order valence-electron chi connectivity index (χ2n) is 8.89. The summed E-state index contributed by atoms with van der Waals surface area (Å²) in [6.45, 7) is 6.24. The number of nitrogens with one attached hydrogen (secondary N) is 2. The highest BCUT2D eigenvalue weighted by Crippen LogP contribution is 2.39. The Morgan fingerprint density at radius 1 is 1.08 bits per heavy atom. The van der Waals surface area contributed by atoms with Crippen molar-refractivity contribution in [3.05, 3.63) is 60.5 Å². The Morgan fingerprint density at radius 3 is 2.74 bits per heavy atom. The van der Waals surface area contributed by atoms with Gasteiger partial charge in [-0.1, -0.05) is 23.5 Å². The van der Waals surface area contributed by atoms with Crippen molar-refractivity contribution < 1.29 is 13.9 Å². The third kappa shape index (κ3) is 6.20. The summed E-state index contributed by atoms with van der Waals surface area (Å²) < 4.78 is 25.8. The first-order chi connectivity index (χ1) is 18.6. The Balaban J connectivity index is 1.34. The van der Waals surface area contributed by atoms with E-state index in [4.69, 9.17) is 19.4 Å². The van der Waals surface area contributed by atoms with Crippen LogP contribution >= 0.6 is 11.3 Å². The maximum atomic E-state index is 14.7. The van der Waals surface area contributed by atoms with E-state index in [0.717, 1.165) is 53.2 Å². The molecule has 198 valence electrons. The summed E-state index contributed by atoms with van der Waals surface area (Å²) in [5, 5.41) is 7.21. The van der Waals surface area contributed by atoms with E-state index in [1.807, 2.05) is 37.3 Å². The number of likely N-dealkylation sites (tertiary alicyclic amines) is 1. The molecule has 0 aliphatic carbocycles. The van der Waals surface area contributed by atoms with Gasteiger partial charge in [-0.25, -0.2) is 19.3 Å². The maximum absolute atomic E-state index is 14.7. The molecule has 0 radical (unpaired) electrons. The molecule has 2 aromatic carbocycles. The van der Waals surface area contributed by atoms with Crippen LogP contribution in [0.3, 0.4) is 0 Å². The normalized spacial score (nSPS) is 13.4. The molecule has 8 nitrogen and oxygen atoms in total. The Hall–Kier alpha value is -3.76. The van der Waals surface area contributed by atoms with E-state index in [-0.39, 0.29) is 5.75 Å². The lowest BCUT2D eigenvalue weighted by atomic mass is 10.1. The van der Waals surface area contributed by atoms with E-state index in [1.54, 1.807) is 25.4 Å². The fourth-order valence-corrected chi connectivity index (χ4v) is 5.37. The van der Waals surface area contributed by atoms with Crippen LogP contribution in [0.15, 0.2) is 54.7 Å². The van der Waals surface area contributed by atoms with Gasteiger partial charge in [-0.05, 0) is 63.2 Å². The average molecular weight is 535 g/mol. The van der Waals surface area contributed by atoms with E-state index >= 15 is 0 Å². The first-order valence-corrected chi connectivity index (χ1v) is 13.6. The number of nitrogens with zero attached hydrogens (tertiary/aromatic N) is 4. The zero-order valence-corrected chi connectivity index (χ0v) is 22.4. The second-order valence-corrected chi connectivity index (χ2v) is 9.89. The molecule has 0 saturated carbocycles. The highest BCUT2D eigenvalue weighted by molar-refractivity contribution is 7.19. The fraction of sp³-hybridized carbons (Fsp3) is 0.321. The number of anilines is 3. The van der Waals surface area contributed by atoms with Gasteiger partial charge in [-0.3, -0.25) is 4.90 Å². The van der Waals surface area contributed by atoms with Crippen LogP contribution in [-0.4, -0.2) is 59.7 Å². The lowest BCUT2D eigenvalue weighted by Crippen LogP contribution is -2.25. The van der Waals surface area contributed by atoms with Crippen molar-refractivity contribution in [1.29, 1.82) is 0 Å². The number of hydrogen-bond donors (Lipinski definition) is 2. The van der Waals surface area contributed by atoms with Crippen LogP contribution in [0.4, 0.5) is 21.2 Å². The molecular weight excluding hydrogens is 503 g/mol. The van der Waals surface area contributed by atoms with Gasteiger partial charge >= 0.3 is 0 Å². The molecule has 0 amide bonds. The van der Waals surface area contributed by atoms with Crippen LogP contribution in [0.2, 0.25) is 0 Å². The molecular formula is C28H31FN6O2S. The monoisotopic (exact) mass is 534 g/mol. The second kappa shape index (κ2) is 12.2. The van der Waals surface area contributed by atoms with Crippen molar-refractivity contribution in [2.24, 2.45) is 0 Å². The SMILES string of the molecule is CCNc1nc(-c2cccc(OC)c2)c(-c2ccnc(Nc3ccc(OCCN4CCCC4)c(F)c3)n2)s1. The summed E-state index contributed by atoms with van der Waals surface area (Å²) in [5.41, 5.74) is 2.98. The number of thiazole rings is 1. The number of ether oxygens (including phenoxy) is 2. The lowest BCUT2D eigenvalue weighted by Gasteiger charge is -2.15. The number of hydrogen-bond acceptors (Lipinski definition) is 9. The third-order valence-electron chi connectivity index (χ3n) is 6.24. The van der Waals surface area contributed by atoms with Crippen molar-refractivity contribution in [2.75, 3.05) is 50.5 Å². The topological polar surface area (TPSA) is 84.4 Å². The smallest absolute Gasteiger partial charge is 0.227 e. The minimum Gasteiger partial charge on any atom is -0.497 e. The molecule has 0 spiro atoms. The predicted molar refractivity (Wildman–Crippen MR) is 150 cm³/mol. The number of methoxy groups -OCH3 is 1. The zero-order chi connectivity index (χ0) is 26.3. The van der Waals surface area contributed by atoms with E-state index in [9.17, 15) is 4.39 Å². The Kier molecular flexibility index (Phi) is 8.30. The summed E-state index contributed by atoms with van der Waals surface area (Å²) in [5.74, 6) is 0.931. The molecule has 2 aromatic heterocycles. The molecule has 1 saturated heterocycles. The van der Waals surface area contributed by atoms with Gasteiger partial charge in [0.05, 0.1) is 23.4 Å². The number of aromatic nitrogens is 3. The van der Waals surface area contributed by atoms with E-state index in [1.165, 1.54) is 30.2 Å². The molecule has 2 N–H and O–H groups in total. The summed E-state index contributed by atoms with van der Waals surface area (Å²) in [7, 11) is 1.64. The summed E-state index contributed by atoms with van der Waals surface area (Å²) in [6.07, 6.45) is 4.12. The van der Waals surface area contributed by atoms with Gasteiger partial charge in [0, 0.05) is 36.6 Å². The van der Waals surface area contributed by atoms with Crippen molar-refractivity contribution in [3.63, 3.8) is 0 Å². The minimum absolute atomic E-state index is 0.243. The lowest BCUT2D eigenvalue weighted by molar-refractivity contribution is 0.231.